The van der Waals surface area contributed by atoms with E-state index in [0.29, 0.717) is 24.5 Å². The SMILES string of the molecule is C[C@@H]1CN(C(=O)Cc2ccccc2Cl)C[C@H](C)O1. The van der Waals surface area contributed by atoms with E-state index in [-0.39, 0.29) is 18.1 Å². The van der Waals surface area contributed by atoms with Gasteiger partial charge >= 0.3 is 0 Å². The number of amides is 1. The van der Waals surface area contributed by atoms with E-state index in [1.54, 1.807) is 0 Å². The summed E-state index contributed by atoms with van der Waals surface area (Å²) >= 11 is 6.07. The third-order valence-electron chi connectivity index (χ3n) is 3.07. The van der Waals surface area contributed by atoms with Crippen LogP contribution < -0.4 is 0 Å². The van der Waals surface area contributed by atoms with E-state index < -0.39 is 0 Å². The number of ether oxygens (including phenoxy) is 1. The molecule has 0 unspecified atom stereocenters. The zero-order chi connectivity index (χ0) is 13.1. The maximum absolute atomic E-state index is 12.2. The Morgan fingerprint density at radius 3 is 2.56 bits per heavy atom. The Balaban J connectivity index is 2.02. The smallest absolute Gasteiger partial charge is 0.227 e. The Labute approximate surface area is 113 Å². The van der Waals surface area contributed by atoms with E-state index in [4.69, 9.17) is 16.3 Å². The number of morpholine rings is 1. The van der Waals surface area contributed by atoms with Crippen molar-refractivity contribution in [3.63, 3.8) is 0 Å². The zero-order valence-electron chi connectivity index (χ0n) is 10.7. The van der Waals surface area contributed by atoms with Gasteiger partial charge in [-0.1, -0.05) is 29.8 Å². The van der Waals surface area contributed by atoms with E-state index in [1.807, 2.05) is 43.0 Å². The second kappa shape index (κ2) is 5.72. The third-order valence-corrected chi connectivity index (χ3v) is 3.44. The first-order valence-electron chi connectivity index (χ1n) is 6.23. The monoisotopic (exact) mass is 267 g/mol. The van der Waals surface area contributed by atoms with Crippen molar-refractivity contribution in [2.24, 2.45) is 0 Å². The minimum atomic E-state index is 0.101. The van der Waals surface area contributed by atoms with Crippen molar-refractivity contribution >= 4 is 17.5 Å². The highest BCUT2D eigenvalue weighted by molar-refractivity contribution is 6.31. The number of hydrogen-bond donors (Lipinski definition) is 0. The van der Waals surface area contributed by atoms with E-state index in [1.165, 1.54) is 0 Å². The van der Waals surface area contributed by atoms with Crippen LogP contribution >= 0.6 is 11.6 Å². The van der Waals surface area contributed by atoms with Crippen LogP contribution in [0.15, 0.2) is 24.3 Å². The summed E-state index contributed by atoms with van der Waals surface area (Å²) in [5.74, 6) is 0.116. The highest BCUT2D eigenvalue weighted by Crippen LogP contribution is 2.18. The molecule has 1 amide bonds. The normalized spacial score (nSPS) is 24.1. The number of rotatable bonds is 2. The van der Waals surface area contributed by atoms with Crippen LogP contribution in [0.4, 0.5) is 0 Å². The highest BCUT2D eigenvalue weighted by Gasteiger charge is 2.25. The molecule has 0 aliphatic carbocycles. The maximum Gasteiger partial charge on any atom is 0.227 e. The molecular weight excluding hydrogens is 250 g/mol. The molecule has 1 saturated heterocycles. The average Bonchev–Trinajstić information content (AvgIpc) is 2.31. The summed E-state index contributed by atoms with van der Waals surface area (Å²) in [7, 11) is 0. The van der Waals surface area contributed by atoms with Gasteiger partial charge in [0.2, 0.25) is 5.91 Å². The van der Waals surface area contributed by atoms with Gasteiger partial charge in [0.1, 0.15) is 0 Å². The molecule has 2 rings (SSSR count). The first-order valence-corrected chi connectivity index (χ1v) is 6.60. The van der Waals surface area contributed by atoms with E-state index in [9.17, 15) is 4.79 Å². The van der Waals surface area contributed by atoms with Crippen LogP contribution in [0.1, 0.15) is 19.4 Å². The van der Waals surface area contributed by atoms with Gasteiger partial charge in [-0.05, 0) is 25.5 Å². The van der Waals surface area contributed by atoms with Gasteiger partial charge in [0.05, 0.1) is 18.6 Å². The Morgan fingerprint density at radius 2 is 1.94 bits per heavy atom. The largest absolute Gasteiger partial charge is 0.372 e. The number of carbonyl (C=O) groups is 1. The Hall–Kier alpha value is -1.06. The summed E-state index contributed by atoms with van der Waals surface area (Å²) in [6, 6.07) is 7.48. The molecule has 0 aromatic heterocycles. The van der Waals surface area contributed by atoms with E-state index >= 15 is 0 Å². The summed E-state index contributed by atoms with van der Waals surface area (Å²) in [6.07, 6.45) is 0.562. The Bertz CT molecular complexity index is 426. The van der Waals surface area contributed by atoms with Crippen LogP contribution in [0.5, 0.6) is 0 Å². The second-order valence-corrected chi connectivity index (χ2v) is 5.23. The fourth-order valence-corrected chi connectivity index (χ4v) is 2.50. The number of benzene rings is 1. The van der Waals surface area contributed by atoms with Gasteiger partial charge in [-0.3, -0.25) is 4.79 Å². The molecule has 0 N–H and O–H groups in total. The molecule has 4 heteroatoms. The van der Waals surface area contributed by atoms with Gasteiger partial charge in [0.15, 0.2) is 0 Å². The standard InChI is InChI=1S/C14H18ClNO2/c1-10-8-16(9-11(2)18-10)14(17)7-12-5-3-4-6-13(12)15/h3-6,10-11H,7-9H2,1-2H3/t10-,11+. The second-order valence-electron chi connectivity index (χ2n) is 4.82. The van der Waals surface area contributed by atoms with Gasteiger partial charge < -0.3 is 9.64 Å². The lowest BCUT2D eigenvalue weighted by Gasteiger charge is -2.35. The zero-order valence-corrected chi connectivity index (χ0v) is 11.5. The molecule has 1 fully saturated rings. The van der Waals surface area contributed by atoms with Crippen LogP contribution in [0.2, 0.25) is 5.02 Å². The molecule has 1 heterocycles. The first-order chi connectivity index (χ1) is 8.56. The highest BCUT2D eigenvalue weighted by atomic mass is 35.5. The number of nitrogens with zero attached hydrogens (tertiary/aromatic N) is 1. The molecule has 98 valence electrons. The summed E-state index contributed by atoms with van der Waals surface area (Å²) < 4.78 is 5.62. The van der Waals surface area contributed by atoms with Crippen molar-refractivity contribution in [1.82, 2.24) is 4.90 Å². The molecule has 0 bridgehead atoms. The predicted molar refractivity (Wildman–Crippen MR) is 71.7 cm³/mol. The molecule has 2 atom stereocenters. The lowest BCUT2D eigenvalue weighted by Crippen LogP contribution is -2.48. The van der Waals surface area contributed by atoms with Crippen LogP contribution in [-0.2, 0) is 16.0 Å². The quantitative estimate of drug-likeness (QED) is 0.824. The minimum absolute atomic E-state index is 0.101. The number of hydrogen-bond acceptors (Lipinski definition) is 2. The van der Waals surface area contributed by atoms with Gasteiger partial charge in [0, 0.05) is 18.1 Å². The molecule has 18 heavy (non-hydrogen) atoms. The number of halogens is 1. The molecule has 1 aliphatic rings. The number of carbonyl (C=O) groups excluding carboxylic acids is 1. The van der Waals surface area contributed by atoms with E-state index in [0.717, 1.165) is 5.56 Å². The fraction of sp³-hybridized carbons (Fsp3) is 0.500. The van der Waals surface area contributed by atoms with Crippen molar-refractivity contribution in [3.8, 4) is 0 Å². The summed E-state index contributed by atoms with van der Waals surface area (Å²) in [4.78, 5) is 14.1. The fourth-order valence-electron chi connectivity index (χ4n) is 2.30. The van der Waals surface area contributed by atoms with Gasteiger partial charge in [0.25, 0.3) is 0 Å². The first kappa shape index (κ1) is 13.4. The van der Waals surface area contributed by atoms with Crippen molar-refractivity contribution in [1.29, 1.82) is 0 Å². The summed E-state index contributed by atoms with van der Waals surface area (Å²) in [5.41, 5.74) is 0.885. The van der Waals surface area contributed by atoms with Crippen molar-refractivity contribution in [3.05, 3.63) is 34.9 Å². The molecule has 1 aliphatic heterocycles. The molecule has 3 nitrogen and oxygen atoms in total. The van der Waals surface area contributed by atoms with Crippen LogP contribution in [0.25, 0.3) is 0 Å². The Morgan fingerprint density at radius 1 is 1.33 bits per heavy atom. The molecule has 1 aromatic carbocycles. The molecule has 0 radical (unpaired) electrons. The molecular formula is C14H18ClNO2. The molecule has 0 spiro atoms. The Kier molecular flexibility index (Phi) is 4.25. The average molecular weight is 268 g/mol. The lowest BCUT2D eigenvalue weighted by atomic mass is 10.1. The van der Waals surface area contributed by atoms with Crippen molar-refractivity contribution in [2.45, 2.75) is 32.5 Å². The summed E-state index contributed by atoms with van der Waals surface area (Å²) in [5, 5.41) is 0.653. The molecule has 1 aromatic rings. The van der Waals surface area contributed by atoms with E-state index in [2.05, 4.69) is 0 Å². The maximum atomic E-state index is 12.2. The van der Waals surface area contributed by atoms with Crippen molar-refractivity contribution in [2.75, 3.05) is 13.1 Å². The van der Waals surface area contributed by atoms with Crippen molar-refractivity contribution < 1.29 is 9.53 Å². The van der Waals surface area contributed by atoms with Gasteiger partial charge in [-0.25, -0.2) is 0 Å². The van der Waals surface area contributed by atoms with Crippen LogP contribution in [0, 0.1) is 0 Å². The minimum Gasteiger partial charge on any atom is -0.372 e. The summed E-state index contributed by atoms with van der Waals surface area (Å²) in [6.45, 7) is 5.30. The van der Waals surface area contributed by atoms with Gasteiger partial charge in [-0.2, -0.15) is 0 Å². The topological polar surface area (TPSA) is 29.5 Å². The lowest BCUT2D eigenvalue weighted by molar-refractivity contribution is -0.142. The third kappa shape index (κ3) is 3.24. The van der Waals surface area contributed by atoms with Gasteiger partial charge in [-0.15, -0.1) is 0 Å². The molecule has 0 saturated carbocycles. The van der Waals surface area contributed by atoms with Crippen LogP contribution in [-0.4, -0.2) is 36.1 Å². The predicted octanol–water partition coefficient (Wildman–Crippen LogP) is 2.52. The van der Waals surface area contributed by atoms with Crippen LogP contribution in [0.3, 0.4) is 0 Å².